The quantitative estimate of drug-likeness (QED) is 0.660. The average molecular weight is 187 g/mol. The zero-order chi connectivity index (χ0) is 10.6. The van der Waals surface area contributed by atoms with Gasteiger partial charge < -0.3 is 15.5 Å². The van der Waals surface area contributed by atoms with E-state index >= 15 is 0 Å². The van der Waals surface area contributed by atoms with Crippen LogP contribution in [0.25, 0.3) is 0 Å². The molecule has 0 radical (unpaired) electrons. The Morgan fingerprint density at radius 1 is 1.23 bits per heavy atom. The maximum Gasteiger partial charge on any atom is 0.241 e. The molecule has 0 aromatic heterocycles. The van der Waals surface area contributed by atoms with Gasteiger partial charge in [0, 0.05) is 20.1 Å². The van der Waals surface area contributed by atoms with Crippen molar-refractivity contribution in [1.82, 2.24) is 9.80 Å². The first-order valence-corrected chi connectivity index (χ1v) is 4.44. The van der Waals surface area contributed by atoms with Crippen molar-refractivity contribution < 1.29 is 4.79 Å². The fraction of sp³-hybridized carbons (Fsp3) is 0.889. The lowest BCUT2D eigenvalue weighted by Gasteiger charge is -2.26. The largest absolute Gasteiger partial charge is 0.343 e. The first-order chi connectivity index (χ1) is 5.75. The van der Waals surface area contributed by atoms with Crippen molar-refractivity contribution in [3.63, 3.8) is 0 Å². The molecule has 0 aromatic carbocycles. The Bertz CT molecular complexity index is 172. The molecule has 0 aliphatic rings. The number of likely N-dealkylation sites (N-methyl/N-ethyl adjacent to an activating group) is 2. The number of carbonyl (C=O) groups excluding carboxylic acids is 1. The summed E-state index contributed by atoms with van der Waals surface area (Å²) < 4.78 is 0. The molecule has 0 bridgehead atoms. The van der Waals surface area contributed by atoms with Crippen LogP contribution in [0.3, 0.4) is 0 Å². The van der Waals surface area contributed by atoms with Crippen LogP contribution in [0.2, 0.25) is 0 Å². The van der Waals surface area contributed by atoms with Gasteiger partial charge in [0.1, 0.15) is 0 Å². The van der Waals surface area contributed by atoms with Gasteiger partial charge in [-0.3, -0.25) is 4.79 Å². The third kappa shape index (κ3) is 4.85. The number of nitrogens with two attached hydrogens (primary N) is 1. The standard InChI is InChI=1S/C9H21N3O/c1-9(2,10)8(13)12(5)7-6-11(3)4/h6-7,10H2,1-5H3. The minimum atomic E-state index is -0.763. The Morgan fingerprint density at radius 2 is 1.69 bits per heavy atom. The first kappa shape index (κ1) is 12.4. The third-order valence-electron chi connectivity index (χ3n) is 1.78. The predicted octanol–water partition coefficient (Wildman–Crippen LogP) is -0.256. The molecule has 0 rings (SSSR count). The van der Waals surface area contributed by atoms with Crippen molar-refractivity contribution in [2.24, 2.45) is 5.73 Å². The highest BCUT2D eigenvalue weighted by Gasteiger charge is 2.25. The summed E-state index contributed by atoms with van der Waals surface area (Å²) in [6.07, 6.45) is 0. The number of carbonyl (C=O) groups is 1. The van der Waals surface area contributed by atoms with E-state index in [2.05, 4.69) is 0 Å². The van der Waals surface area contributed by atoms with Gasteiger partial charge in [0.05, 0.1) is 5.54 Å². The molecular formula is C9H21N3O. The van der Waals surface area contributed by atoms with E-state index in [1.54, 1.807) is 25.8 Å². The lowest BCUT2D eigenvalue weighted by molar-refractivity contribution is -0.134. The van der Waals surface area contributed by atoms with Gasteiger partial charge in [0.2, 0.25) is 5.91 Å². The third-order valence-corrected chi connectivity index (χ3v) is 1.78. The summed E-state index contributed by atoms with van der Waals surface area (Å²) in [5, 5.41) is 0. The van der Waals surface area contributed by atoms with E-state index in [9.17, 15) is 4.79 Å². The van der Waals surface area contributed by atoms with E-state index < -0.39 is 5.54 Å². The normalized spacial score (nSPS) is 11.9. The summed E-state index contributed by atoms with van der Waals surface area (Å²) in [6.45, 7) is 5.02. The molecule has 0 aromatic rings. The highest BCUT2D eigenvalue weighted by atomic mass is 16.2. The van der Waals surface area contributed by atoms with Crippen LogP contribution in [0.4, 0.5) is 0 Å². The Kier molecular flexibility index (Phi) is 4.36. The van der Waals surface area contributed by atoms with Crippen molar-refractivity contribution in [2.45, 2.75) is 19.4 Å². The maximum atomic E-state index is 11.6. The zero-order valence-corrected chi connectivity index (χ0v) is 9.29. The molecule has 0 aliphatic carbocycles. The molecular weight excluding hydrogens is 166 g/mol. The minimum Gasteiger partial charge on any atom is -0.343 e. The Morgan fingerprint density at radius 3 is 2.00 bits per heavy atom. The van der Waals surface area contributed by atoms with Gasteiger partial charge >= 0.3 is 0 Å². The van der Waals surface area contributed by atoms with Gasteiger partial charge in [-0.05, 0) is 27.9 Å². The van der Waals surface area contributed by atoms with Gasteiger partial charge in [-0.15, -0.1) is 0 Å². The van der Waals surface area contributed by atoms with Gasteiger partial charge in [0.15, 0.2) is 0 Å². The van der Waals surface area contributed by atoms with Crippen molar-refractivity contribution in [1.29, 1.82) is 0 Å². The maximum absolute atomic E-state index is 11.6. The molecule has 13 heavy (non-hydrogen) atoms. The van der Waals surface area contributed by atoms with Crippen LogP contribution in [0.1, 0.15) is 13.8 Å². The van der Waals surface area contributed by atoms with Crippen molar-refractivity contribution in [3.8, 4) is 0 Å². The minimum absolute atomic E-state index is 0.0191. The Balaban J connectivity index is 3.98. The predicted molar refractivity (Wildman–Crippen MR) is 54.5 cm³/mol. The molecule has 0 spiro atoms. The number of amides is 1. The van der Waals surface area contributed by atoms with Crippen LogP contribution in [-0.2, 0) is 4.79 Å². The summed E-state index contributed by atoms with van der Waals surface area (Å²) in [5.74, 6) is -0.0191. The van der Waals surface area contributed by atoms with Gasteiger partial charge in [-0.1, -0.05) is 0 Å². The molecule has 0 saturated carbocycles. The van der Waals surface area contributed by atoms with Crippen LogP contribution < -0.4 is 5.73 Å². The molecule has 0 atom stereocenters. The highest BCUT2D eigenvalue weighted by Crippen LogP contribution is 2.01. The Labute approximate surface area is 80.7 Å². The number of nitrogens with zero attached hydrogens (tertiary/aromatic N) is 2. The van der Waals surface area contributed by atoms with Crippen LogP contribution in [0.5, 0.6) is 0 Å². The lowest BCUT2D eigenvalue weighted by Crippen LogP contribution is -2.50. The summed E-state index contributed by atoms with van der Waals surface area (Å²) >= 11 is 0. The van der Waals surface area contributed by atoms with E-state index in [4.69, 9.17) is 5.73 Å². The number of hydrogen-bond donors (Lipinski definition) is 1. The first-order valence-electron chi connectivity index (χ1n) is 4.44. The molecule has 0 fully saturated rings. The summed E-state index contributed by atoms with van der Waals surface area (Å²) in [4.78, 5) is 15.3. The Hall–Kier alpha value is -0.610. The van der Waals surface area contributed by atoms with Crippen molar-refractivity contribution in [3.05, 3.63) is 0 Å². The molecule has 1 amide bonds. The van der Waals surface area contributed by atoms with Gasteiger partial charge in [-0.2, -0.15) is 0 Å². The molecule has 0 saturated heterocycles. The van der Waals surface area contributed by atoms with Crippen LogP contribution >= 0.6 is 0 Å². The van der Waals surface area contributed by atoms with Gasteiger partial charge in [-0.25, -0.2) is 0 Å². The smallest absolute Gasteiger partial charge is 0.241 e. The second kappa shape index (κ2) is 4.58. The number of hydrogen-bond acceptors (Lipinski definition) is 3. The monoisotopic (exact) mass is 187 g/mol. The van der Waals surface area contributed by atoms with Crippen molar-refractivity contribution in [2.75, 3.05) is 34.2 Å². The molecule has 2 N–H and O–H groups in total. The van der Waals surface area contributed by atoms with E-state index in [1.165, 1.54) is 0 Å². The highest BCUT2D eigenvalue weighted by molar-refractivity contribution is 5.84. The van der Waals surface area contributed by atoms with E-state index in [0.29, 0.717) is 6.54 Å². The zero-order valence-electron chi connectivity index (χ0n) is 9.29. The van der Waals surface area contributed by atoms with Crippen LogP contribution in [0, 0.1) is 0 Å². The van der Waals surface area contributed by atoms with Crippen LogP contribution in [-0.4, -0.2) is 55.5 Å². The second-order valence-electron chi connectivity index (χ2n) is 4.25. The summed E-state index contributed by atoms with van der Waals surface area (Å²) in [6, 6.07) is 0. The fourth-order valence-corrected chi connectivity index (χ4v) is 0.943. The van der Waals surface area contributed by atoms with E-state index in [-0.39, 0.29) is 5.91 Å². The SMILES string of the molecule is CN(C)CCN(C)C(=O)C(C)(C)N. The van der Waals surface area contributed by atoms with E-state index in [0.717, 1.165) is 6.54 Å². The molecule has 4 nitrogen and oxygen atoms in total. The van der Waals surface area contributed by atoms with E-state index in [1.807, 2.05) is 19.0 Å². The number of rotatable bonds is 4. The average Bonchev–Trinajstić information content (AvgIpc) is 1.96. The fourth-order valence-electron chi connectivity index (χ4n) is 0.943. The summed E-state index contributed by atoms with van der Waals surface area (Å²) in [5.41, 5.74) is 4.92. The second-order valence-corrected chi connectivity index (χ2v) is 4.25. The molecule has 0 aliphatic heterocycles. The topological polar surface area (TPSA) is 49.6 Å². The molecule has 4 heteroatoms. The van der Waals surface area contributed by atoms with Crippen LogP contribution in [0.15, 0.2) is 0 Å². The summed E-state index contributed by atoms with van der Waals surface area (Å²) in [7, 11) is 5.73. The molecule has 0 unspecified atom stereocenters. The van der Waals surface area contributed by atoms with Gasteiger partial charge in [0.25, 0.3) is 0 Å². The molecule has 78 valence electrons. The lowest BCUT2D eigenvalue weighted by atomic mass is 10.1. The molecule has 0 heterocycles. The van der Waals surface area contributed by atoms with Crippen molar-refractivity contribution >= 4 is 5.91 Å².